The summed E-state index contributed by atoms with van der Waals surface area (Å²) in [5, 5.41) is 7.98. The number of hydrogen-bond acceptors (Lipinski definition) is 6. The summed E-state index contributed by atoms with van der Waals surface area (Å²) in [4.78, 5) is 16.9. The largest absolute Gasteiger partial charge is 0.490 e. The molecule has 0 saturated carbocycles. The summed E-state index contributed by atoms with van der Waals surface area (Å²) < 4.78 is 17.9. The van der Waals surface area contributed by atoms with Crippen molar-refractivity contribution in [2.24, 2.45) is 13.0 Å². The number of fused-ring (bicyclic) bond motifs is 1. The lowest BCUT2D eigenvalue weighted by Crippen LogP contribution is -2.38. The average molecular weight is 382 g/mol. The molecule has 0 radical (unpaired) electrons. The van der Waals surface area contributed by atoms with Crippen molar-refractivity contribution >= 4 is 22.5 Å². The number of amides is 1. The highest BCUT2D eigenvalue weighted by Gasteiger charge is 2.26. The van der Waals surface area contributed by atoms with Gasteiger partial charge in [0.05, 0.1) is 43.1 Å². The lowest BCUT2D eigenvalue weighted by Gasteiger charge is -2.24. The molecule has 0 bridgehead atoms. The van der Waals surface area contributed by atoms with Crippen LogP contribution in [0.25, 0.3) is 22.2 Å². The average Bonchev–Trinajstić information content (AvgIpc) is 3.07. The molecular formula is C20H22N4O4. The Morgan fingerprint density at radius 1 is 1.32 bits per heavy atom. The fraction of sp³-hybridized carbons (Fsp3) is 0.350. The predicted octanol–water partition coefficient (Wildman–Crippen LogP) is 2.25. The quantitative estimate of drug-likeness (QED) is 0.631. The zero-order valence-corrected chi connectivity index (χ0v) is 15.8. The van der Waals surface area contributed by atoms with Gasteiger partial charge in [0, 0.05) is 43.1 Å². The second kappa shape index (κ2) is 7.95. The Labute approximate surface area is 162 Å². The van der Waals surface area contributed by atoms with Crippen LogP contribution in [0.1, 0.15) is 0 Å². The molecule has 0 aliphatic carbocycles. The highest BCUT2D eigenvalue weighted by atomic mass is 16.5. The molecule has 8 heteroatoms. The van der Waals surface area contributed by atoms with Crippen molar-refractivity contribution in [2.45, 2.75) is 0 Å². The van der Waals surface area contributed by atoms with E-state index in [1.807, 2.05) is 37.5 Å². The maximum Gasteiger partial charge on any atom is 0.232 e. The molecule has 1 aliphatic rings. The van der Waals surface area contributed by atoms with Crippen LogP contribution in [-0.4, -0.2) is 54.2 Å². The monoisotopic (exact) mass is 382 g/mol. The summed E-state index contributed by atoms with van der Waals surface area (Å²) in [6.45, 7) is 1.84. The minimum atomic E-state index is -0.0841. The first-order valence-electron chi connectivity index (χ1n) is 9.08. The maximum atomic E-state index is 12.2. The van der Waals surface area contributed by atoms with Crippen LogP contribution in [0, 0.1) is 5.92 Å². The number of hydrogen-bond donors (Lipinski definition) is 1. The predicted molar refractivity (Wildman–Crippen MR) is 104 cm³/mol. The van der Waals surface area contributed by atoms with Crippen molar-refractivity contribution in [3.8, 4) is 17.0 Å². The number of benzene rings is 1. The number of aryl methyl sites for hydroxylation is 1. The lowest BCUT2D eigenvalue weighted by atomic mass is 10.1. The van der Waals surface area contributed by atoms with Crippen LogP contribution in [0.15, 0.2) is 36.7 Å². The number of pyridine rings is 1. The first-order chi connectivity index (χ1) is 13.6. The van der Waals surface area contributed by atoms with E-state index in [1.54, 1.807) is 18.0 Å². The smallest absolute Gasteiger partial charge is 0.232 e. The Balaban J connectivity index is 1.69. The molecule has 1 aliphatic heterocycles. The Kier molecular flexibility index (Phi) is 5.23. The van der Waals surface area contributed by atoms with Gasteiger partial charge < -0.3 is 19.5 Å². The molecule has 28 heavy (non-hydrogen) atoms. The van der Waals surface area contributed by atoms with Crippen LogP contribution >= 0.6 is 0 Å². The number of carbonyl (C=O) groups excluding carboxylic acids is 1. The summed E-state index contributed by atoms with van der Waals surface area (Å²) in [5.41, 5.74) is 3.16. The number of carbonyl (C=O) groups is 1. The van der Waals surface area contributed by atoms with Gasteiger partial charge in [0.2, 0.25) is 5.91 Å². The number of anilines is 1. The Morgan fingerprint density at radius 2 is 2.18 bits per heavy atom. The third-order valence-corrected chi connectivity index (χ3v) is 4.59. The molecule has 0 atom stereocenters. The third-order valence-electron chi connectivity index (χ3n) is 4.59. The van der Waals surface area contributed by atoms with Gasteiger partial charge in [-0.2, -0.15) is 5.10 Å². The number of methoxy groups -OCH3 is 1. The van der Waals surface area contributed by atoms with Crippen LogP contribution in [0.2, 0.25) is 0 Å². The van der Waals surface area contributed by atoms with Crippen molar-refractivity contribution in [1.82, 2.24) is 14.8 Å². The van der Waals surface area contributed by atoms with Gasteiger partial charge in [0.1, 0.15) is 12.4 Å². The first kappa shape index (κ1) is 18.4. The van der Waals surface area contributed by atoms with Crippen LogP contribution in [-0.2, 0) is 21.3 Å². The Bertz CT molecular complexity index is 997. The van der Waals surface area contributed by atoms with Gasteiger partial charge in [-0.15, -0.1) is 0 Å². The molecule has 1 amide bonds. The SMILES string of the molecule is COCCOc1cc(-c2cnn(C)c2)nc2ccc(NC(=O)C3COC3)cc12. The maximum absolute atomic E-state index is 12.2. The molecule has 146 valence electrons. The van der Waals surface area contributed by atoms with E-state index < -0.39 is 0 Å². The van der Waals surface area contributed by atoms with Crippen LogP contribution in [0.4, 0.5) is 5.69 Å². The normalized spacial score (nSPS) is 14.1. The van der Waals surface area contributed by atoms with E-state index >= 15 is 0 Å². The van der Waals surface area contributed by atoms with E-state index in [9.17, 15) is 4.79 Å². The molecule has 0 unspecified atom stereocenters. The first-order valence-corrected chi connectivity index (χ1v) is 9.08. The topological polar surface area (TPSA) is 87.5 Å². The number of rotatable bonds is 7. The van der Waals surface area contributed by atoms with E-state index in [2.05, 4.69) is 10.4 Å². The van der Waals surface area contributed by atoms with E-state index in [1.165, 1.54) is 0 Å². The van der Waals surface area contributed by atoms with E-state index in [4.69, 9.17) is 19.2 Å². The number of nitrogens with zero attached hydrogens (tertiary/aromatic N) is 3. The van der Waals surface area contributed by atoms with Crippen molar-refractivity contribution in [3.63, 3.8) is 0 Å². The zero-order chi connectivity index (χ0) is 19.5. The minimum absolute atomic E-state index is 0.0348. The van der Waals surface area contributed by atoms with Crippen LogP contribution < -0.4 is 10.1 Å². The molecule has 1 saturated heterocycles. The summed E-state index contributed by atoms with van der Waals surface area (Å²) in [7, 11) is 3.50. The fourth-order valence-electron chi connectivity index (χ4n) is 2.96. The molecule has 3 heterocycles. The third kappa shape index (κ3) is 3.83. The van der Waals surface area contributed by atoms with Crippen LogP contribution in [0.3, 0.4) is 0 Å². The van der Waals surface area contributed by atoms with Crippen molar-refractivity contribution in [2.75, 3.05) is 38.9 Å². The fourth-order valence-corrected chi connectivity index (χ4v) is 2.96. The van der Waals surface area contributed by atoms with Gasteiger partial charge >= 0.3 is 0 Å². The number of aromatic nitrogens is 3. The molecule has 1 N–H and O–H groups in total. The van der Waals surface area contributed by atoms with Crippen molar-refractivity contribution in [3.05, 3.63) is 36.7 Å². The molecule has 0 spiro atoms. The van der Waals surface area contributed by atoms with E-state index in [-0.39, 0.29) is 11.8 Å². The molecule has 3 aromatic rings. The summed E-state index contributed by atoms with van der Waals surface area (Å²) in [6.07, 6.45) is 3.67. The zero-order valence-electron chi connectivity index (χ0n) is 15.8. The molecule has 8 nitrogen and oxygen atoms in total. The van der Waals surface area contributed by atoms with Gasteiger partial charge in [0.25, 0.3) is 0 Å². The molecular weight excluding hydrogens is 360 g/mol. The van der Waals surface area contributed by atoms with Crippen molar-refractivity contribution < 1.29 is 19.0 Å². The van der Waals surface area contributed by atoms with E-state index in [0.717, 1.165) is 22.2 Å². The van der Waals surface area contributed by atoms with Gasteiger partial charge in [-0.25, -0.2) is 4.98 Å². The molecule has 1 aromatic carbocycles. The number of nitrogens with one attached hydrogen (secondary N) is 1. The van der Waals surface area contributed by atoms with Gasteiger partial charge in [0.15, 0.2) is 0 Å². The lowest BCUT2D eigenvalue weighted by molar-refractivity contribution is -0.133. The summed E-state index contributed by atoms with van der Waals surface area (Å²) in [5.74, 6) is 0.565. The van der Waals surface area contributed by atoms with Gasteiger partial charge in [-0.05, 0) is 18.2 Å². The second-order valence-corrected chi connectivity index (χ2v) is 6.71. The standard InChI is InChI=1S/C20H22N4O4/c1-24-10-13(9-21-24)18-8-19(28-6-5-26-2)16-7-15(3-4-17(16)23-18)22-20(25)14-11-27-12-14/h3-4,7-10,14H,5-6,11-12H2,1-2H3,(H,22,25). The van der Waals surface area contributed by atoms with Crippen molar-refractivity contribution in [1.29, 1.82) is 0 Å². The minimum Gasteiger partial charge on any atom is -0.490 e. The van der Waals surface area contributed by atoms with E-state index in [0.29, 0.717) is 37.9 Å². The van der Waals surface area contributed by atoms with Crippen LogP contribution in [0.5, 0.6) is 5.75 Å². The highest BCUT2D eigenvalue weighted by Crippen LogP contribution is 2.32. The summed E-state index contributed by atoms with van der Waals surface area (Å²) >= 11 is 0. The Hall–Kier alpha value is -2.97. The molecule has 2 aromatic heterocycles. The number of ether oxygens (including phenoxy) is 3. The Morgan fingerprint density at radius 3 is 2.86 bits per heavy atom. The second-order valence-electron chi connectivity index (χ2n) is 6.71. The highest BCUT2D eigenvalue weighted by molar-refractivity contribution is 5.97. The molecule has 1 fully saturated rings. The summed E-state index contributed by atoms with van der Waals surface area (Å²) in [6, 6.07) is 7.50. The van der Waals surface area contributed by atoms with Gasteiger partial charge in [-0.1, -0.05) is 0 Å². The van der Waals surface area contributed by atoms with Gasteiger partial charge in [-0.3, -0.25) is 9.48 Å². The molecule has 4 rings (SSSR count).